The zero-order valence-electron chi connectivity index (χ0n) is 4.22. The van der Waals surface area contributed by atoms with Gasteiger partial charge < -0.3 is 5.11 Å². The van der Waals surface area contributed by atoms with Crippen LogP contribution in [0.15, 0.2) is 0 Å². The largest absolute Gasteiger partial charge is 0.395 e. The number of aliphatic hydroxyl groups is 1. The average molecular weight is 102 g/mol. The number of hydrogen-bond acceptors (Lipinski definition) is 3. The van der Waals surface area contributed by atoms with Gasteiger partial charge in [0.1, 0.15) is 0 Å². The number of nitrogens with zero attached hydrogens (tertiary/aromatic N) is 1. The molecular weight excluding hydrogens is 92.1 g/mol. The van der Waals surface area contributed by atoms with Crippen LogP contribution in [0.5, 0.6) is 0 Å². The minimum atomic E-state index is 0.257. The van der Waals surface area contributed by atoms with Crippen LogP contribution >= 0.6 is 0 Å². The summed E-state index contributed by atoms with van der Waals surface area (Å²) in [6.07, 6.45) is 0. The first kappa shape index (κ1) is 5.03. The molecule has 0 unspecified atom stereocenters. The van der Waals surface area contributed by atoms with E-state index in [1.54, 1.807) is 0 Å². The molecule has 1 aliphatic heterocycles. The number of aliphatic hydroxyl groups excluding tert-OH is 1. The number of hydrazine groups is 1. The zero-order valence-corrected chi connectivity index (χ0v) is 4.22. The van der Waals surface area contributed by atoms with Crippen molar-refractivity contribution >= 4 is 0 Å². The third kappa shape index (κ3) is 1.12. The summed E-state index contributed by atoms with van der Waals surface area (Å²) in [7, 11) is 0. The molecule has 0 aromatic rings. The summed E-state index contributed by atoms with van der Waals surface area (Å²) in [5, 5.41) is 10.3. The Bertz CT molecular complexity index is 53.7. The zero-order chi connectivity index (χ0) is 5.11. The minimum Gasteiger partial charge on any atom is -0.395 e. The molecule has 0 radical (unpaired) electrons. The molecule has 1 rings (SSSR count). The highest BCUT2D eigenvalue weighted by Gasteiger charge is 2.09. The van der Waals surface area contributed by atoms with Crippen LogP contribution in [0.2, 0.25) is 0 Å². The number of hydrogen-bond donors (Lipinski definition) is 2. The molecule has 1 saturated heterocycles. The second-order valence-electron chi connectivity index (χ2n) is 1.62. The fourth-order valence-electron chi connectivity index (χ4n) is 0.581. The third-order valence-electron chi connectivity index (χ3n) is 1.09. The van der Waals surface area contributed by atoms with Crippen LogP contribution in [0.25, 0.3) is 0 Å². The van der Waals surface area contributed by atoms with Crippen LogP contribution in [-0.2, 0) is 0 Å². The van der Waals surface area contributed by atoms with Gasteiger partial charge in [-0.25, -0.2) is 5.01 Å². The van der Waals surface area contributed by atoms with E-state index in [1.807, 2.05) is 5.01 Å². The van der Waals surface area contributed by atoms with E-state index in [2.05, 4.69) is 5.43 Å². The van der Waals surface area contributed by atoms with Crippen LogP contribution in [0.1, 0.15) is 0 Å². The summed E-state index contributed by atoms with van der Waals surface area (Å²) in [6.45, 7) is 3.17. The lowest BCUT2D eigenvalue weighted by Crippen LogP contribution is -2.54. The predicted molar refractivity (Wildman–Crippen MR) is 26.7 cm³/mol. The maximum atomic E-state index is 8.32. The first-order chi connectivity index (χ1) is 3.43. The highest BCUT2D eigenvalue weighted by molar-refractivity contribution is 4.61. The summed E-state index contributed by atoms with van der Waals surface area (Å²) in [6, 6.07) is 0. The van der Waals surface area contributed by atoms with Crippen molar-refractivity contribution in [3.8, 4) is 0 Å². The van der Waals surface area contributed by atoms with Gasteiger partial charge in [0.15, 0.2) is 0 Å². The Balaban J connectivity index is 1.93. The molecule has 0 saturated carbocycles. The van der Waals surface area contributed by atoms with Crippen molar-refractivity contribution < 1.29 is 5.11 Å². The molecular formula is C4H10N2O. The van der Waals surface area contributed by atoms with Gasteiger partial charge in [0.25, 0.3) is 0 Å². The van der Waals surface area contributed by atoms with E-state index < -0.39 is 0 Å². The standard InChI is InChI=1S/C4H10N2O/c7-4-3-6-2-1-5-6/h5,7H,1-4H2. The van der Waals surface area contributed by atoms with E-state index in [0.29, 0.717) is 0 Å². The van der Waals surface area contributed by atoms with Crippen LogP contribution in [0.4, 0.5) is 0 Å². The van der Waals surface area contributed by atoms with Gasteiger partial charge in [0, 0.05) is 19.6 Å². The number of rotatable bonds is 2. The average Bonchev–Trinajstić information content (AvgIpc) is 1.55. The van der Waals surface area contributed by atoms with E-state index >= 15 is 0 Å². The quantitative estimate of drug-likeness (QED) is 0.459. The van der Waals surface area contributed by atoms with Gasteiger partial charge in [0.2, 0.25) is 0 Å². The van der Waals surface area contributed by atoms with E-state index in [4.69, 9.17) is 5.11 Å². The first-order valence-electron chi connectivity index (χ1n) is 2.53. The molecule has 3 heteroatoms. The third-order valence-corrected chi connectivity index (χ3v) is 1.09. The molecule has 0 amide bonds. The Morgan fingerprint density at radius 1 is 1.71 bits per heavy atom. The van der Waals surface area contributed by atoms with E-state index in [0.717, 1.165) is 19.6 Å². The molecule has 0 aliphatic carbocycles. The first-order valence-corrected chi connectivity index (χ1v) is 2.53. The maximum Gasteiger partial charge on any atom is 0.0572 e. The SMILES string of the molecule is OCCN1CCN1. The van der Waals surface area contributed by atoms with Crippen LogP contribution in [-0.4, -0.2) is 36.4 Å². The lowest BCUT2D eigenvalue weighted by atomic mass is 10.5. The Hall–Kier alpha value is -0.120. The molecule has 1 fully saturated rings. The topological polar surface area (TPSA) is 35.5 Å². The van der Waals surface area contributed by atoms with Crippen LogP contribution < -0.4 is 5.43 Å². The monoisotopic (exact) mass is 102 g/mol. The van der Waals surface area contributed by atoms with E-state index in [1.165, 1.54) is 0 Å². The van der Waals surface area contributed by atoms with Crippen molar-refractivity contribution in [1.29, 1.82) is 0 Å². The summed E-state index contributed by atoms with van der Waals surface area (Å²) in [5.41, 5.74) is 3.02. The van der Waals surface area contributed by atoms with E-state index in [9.17, 15) is 0 Å². The van der Waals surface area contributed by atoms with E-state index in [-0.39, 0.29) is 6.61 Å². The predicted octanol–water partition coefficient (Wildman–Crippen LogP) is -1.20. The van der Waals surface area contributed by atoms with Crippen molar-refractivity contribution in [3.63, 3.8) is 0 Å². The Kier molecular flexibility index (Phi) is 1.62. The Morgan fingerprint density at radius 2 is 2.43 bits per heavy atom. The van der Waals surface area contributed by atoms with Crippen molar-refractivity contribution in [3.05, 3.63) is 0 Å². The molecule has 0 aromatic carbocycles. The van der Waals surface area contributed by atoms with Gasteiger partial charge in [-0.15, -0.1) is 0 Å². The van der Waals surface area contributed by atoms with Crippen LogP contribution in [0, 0.1) is 0 Å². The number of β-amino-alcohol motifs (C(OH)–C–C–N with tert-alkyl or cyclic N) is 1. The molecule has 42 valence electrons. The molecule has 0 bridgehead atoms. The highest BCUT2D eigenvalue weighted by Crippen LogP contribution is 1.87. The van der Waals surface area contributed by atoms with Crippen LogP contribution in [0.3, 0.4) is 0 Å². The second-order valence-corrected chi connectivity index (χ2v) is 1.62. The van der Waals surface area contributed by atoms with Crippen molar-refractivity contribution in [2.45, 2.75) is 0 Å². The van der Waals surface area contributed by atoms with Gasteiger partial charge in [0.05, 0.1) is 6.61 Å². The summed E-state index contributed by atoms with van der Waals surface area (Å²) >= 11 is 0. The lowest BCUT2D eigenvalue weighted by molar-refractivity contribution is 0.0766. The molecule has 3 nitrogen and oxygen atoms in total. The summed E-state index contributed by atoms with van der Waals surface area (Å²) in [4.78, 5) is 0. The fourth-order valence-corrected chi connectivity index (χ4v) is 0.581. The molecule has 0 atom stereocenters. The summed E-state index contributed by atoms with van der Waals surface area (Å²) < 4.78 is 0. The lowest BCUT2D eigenvalue weighted by Gasteiger charge is -2.30. The smallest absolute Gasteiger partial charge is 0.0572 e. The van der Waals surface area contributed by atoms with Crippen molar-refractivity contribution in [1.82, 2.24) is 10.4 Å². The molecule has 0 spiro atoms. The van der Waals surface area contributed by atoms with Gasteiger partial charge in [-0.2, -0.15) is 0 Å². The Labute approximate surface area is 42.9 Å². The van der Waals surface area contributed by atoms with Gasteiger partial charge in [-0.3, -0.25) is 5.43 Å². The Morgan fingerprint density at radius 3 is 2.57 bits per heavy atom. The molecule has 1 heterocycles. The van der Waals surface area contributed by atoms with Gasteiger partial charge in [-0.1, -0.05) is 0 Å². The molecule has 0 aromatic heterocycles. The van der Waals surface area contributed by atoms with Crippen molar-refractivity contribution in [2.75, 3.05) is 26.2 Å². The normalized spacial score (nSPS) is 21.9. The fraction of sp³-hybridized carbons (Fsp3) is 1.00. The summed E-state index contributed by atoms with van der Waals surface area (Å²) in [5.74, 6) is 0. The van der Waals surface area contributed by atoms with Gasteiger partial charge in [-0.05, 0) is 0 Å². The van der Waals surface area contributed by atoms with Crippen molar-refractivity contribution in [2.24, 2.45) is 0 Å². The second kappa shape index (κ2) is 2.26. The minimum absolute atomic E-state index is 0.257. The molecule has 7 heavy (non-hydrogen) atoms. The molecule has 1 aliphatic rings. The highest BCUT2D eigenvalue weighted by atomic mass is 16.3. The molecule has 2 N–H and O–H groups in total. The van der Waals surface area contributed by atoms with Gasteiger partial charge >= 0.3 is 0 Å². The number of nitrogens with one attached hydrogen (secondary N) is 1. The maximum absolute atomic E-state index is 8.32.